The molecular formula is C24H22I2N2O2. The zero-order valence-corrected chi connectivity index (χ0v) is 21.1. The Morgan fingerprint density at radius 3 is 1.43 bits per heavy atom. The zero-order chi connectivity index (χ0) is 21.7. The highest BCUT2D eigenvalue weighted by atomic mass is 127. The van der Waals surface area contributed by atoms with Gasteiger partial charge in [0.2, 0.25) is 0 Å². The highest BCUT2D eigenvalue weighted by Gasteiger charge is 2.22. The number of amides is 2. The van der Waals surface area contributed by atoms with Gasteiger partial charge in [-0.25, -0.2) is 0 Å². The number of carbonyl (C=O) groups is 2. The molecule has 3 aromatic rings. The van der Waals surface area contributed by atoms with Crippen LogP contribution in [-0.4, -0.2) is 24.9 Å². The quantitative estimate of drug-likeness (QED) is 0.306. The van der Waals surface area contributed by atoms with E-state index < -0.39 is 0 Å². The fourth-order valence-corrected chi connectivity index (χ4v) is 4.51. The highest BCUT2D eigenvalue weighted by molar-refractivity contribution is 14.1. The molecule has 30 heavy (non-hydrogen) atoms. The van der Waals surface area contributed by atoms with Crippen LogP contribution in [0.4, 0.5) is 11.4 Å². The van der Waals surface area contributed by atoms with Crippen molar-refractivity contribution in [3.05, 3.63) is 91.1 Å². The SMILES string of the molecule is CCN(C(=O)c1ccccc1I)c1cccc(N(CC)C(=O)c2ccccc2I)c1. The predicted molar refractivity (Wildman–Crippen MR) is 139 cm³/mol. The van der Waals surface area contributed by atoms with Crippen LogP contribution in [0.5, 0.6) is 0 Å². The monoisotopic (exact) mass is 624 g/mol. The average molecular weight is 624 g/mol. The van der Waals surface area contributed by atoms with Crippen LogP contribution in [0, 0.1) is 7.14 Å². The Bertz CT molecular complexity index is 988. The van der Waals surface area contributed by atoms with Gasteiger partial charge in [-0.3, -0.25) is 9.59 Å². The van der Waals surface area contributed by atoms with Crippen molar-refractivity contribution in [3.63, 3.8) is 0 Å². The second-order valence-corrected chi connectivity index (χ2v) is 8.90. The smallest absolute Gasteiger partial charge is 0.259 e. The van der Waals surface area contributed by atoms with Gasteiger partial charge in [0.25, 0.3) is 11.8 Å². The molecule has 0 N–H and O–H groups in total. The van der Waals surface area contributed by atoms with Gasteiger partial charge in [-0.1, -0.05) is 30.3 Å². The lowest BCUT2D eigenvalue weighted by Gasteiger charge is -2.26. The van der Waals surface area contributed by atoms with E-state index in [9.17, 15) is 9.59 Å². The number of carbonyl (C=O) groups excluding carboxylic acids is 2. The summed E-state index contributed by atoms with van der Waals surface area (Å²) in [6.45, 7) is 4.97. The third kappa shape index (κ3) is 4.85. The zero-order valence-electron chi connectivity index (χ0n) is 16.8. The molecule has 0 unspecified atom stereocenters. The second kappa shape index (κ2) is 10.4. The third-order valence-electron chi connectivity index (χ3n) is 4.78. The molecule has 0 atom stereocenters. The molecule has 4 nitrogen and oxygen atoms in total. The van der Waals surface area contributed by atoms with Gasteiger partial charge < -0.3 is 9.80 Å². The molecule has 0 radical (unpaired) electrons. The molecule has 154 valence electrons. The minimum Gasteiger partial charge on any atom is -0.309 e. The van der Waals surface area contributed by atoms with E-state index in [0.29, 0.717) is 24.2 Å². The Hall–Kier alpha value is -1.94. The first-order valence-electron chi connectivity index (χ1n) is 9.70. The maximum Gasteiger partial charge on any atom is 0.259 e. The molecule has 0 aliphatic carbocycles. The summed E-state index contributed by atoms with van der Waals surface area (Å²) in [5.74, 6) is -0.0988. The Balaban J connectivity index is 1.95. The molecule has 3 rings (SSSR count). The molecule has 0 spiro atoms. The van der Waals surface area contributed by atoms with E-state index in [1.165, 1.54) is 0 Å². The van der Waals surface area contributed by atoms with Crippen LogP contribution in [0.3, 0.4) is 0 Å². The Morgan fingerprint density at radius 2 is 1.07 bits per heavy atom. The number of hydrogen-bond donors (Lipinski definition) is 0. The van der Waals surface area contributed by atoms with Gasteiger partial charge in [0.1, 0.15) is 0 Å². The molecule has 0 bridgehead atoms. The molecule has 6 heteroatoms. The normalized spacial score (nSPS) is 10.5. The van der Waals surface area contributed by atoms with Crippen LogP contribution in [0.1, 0.15) is 34.6 Å². The second-order valence-electron chi connectivity index (χ2n) is 6.58. The van der Waals surface area contributed by atoms with Gasteiger partial charge in [0, 0.05) is 31.6 Å². The first-order chi connectivity index (χ1) is 14.5. The van der Waals surface area contributed by atoms with Gasteiger partial charge >= 0.3 is 0 Å². The van der Waals surface area contributed by atoms with Gasteiger partial charge in [-0.15, -0.1) is 0 Å². The van der Waals surface area contributed by atoms with E-state index in [0.717, 1.165) is 18.5 Å². The summed E-state index contributed by atoms with van der Waals surface area (Å²) in [6.07, 6.45) is 0. The number of rotatable bonds is 6. The molecule has 0 fully saturated rings. The molecule has 0 aliphatic heterocycles. The van der Waals surface area contributed by atoms with E-state index >= 15 is 0 Å². The first kappa shape index (κ1) is 22.7. The molecule has 0 saturated heterocycles. The van der Waals surface area contributed by atoms with Crippen molar-refractivity contribution < 1.29 is 9.59 Å². The predicted octanol–water partition coefficient (Wildman–Crippen LogP) is 6.23. The fraction of sp³-hybridized carbons (Fsp3) is 0.167. The first-order valence-corrected chi connectivity index (χ1v) is 11.9. The molecular weight excluding hydrogens is 602 g/mol. The van der Waals surface area contributed by atoms with Crippen LogP contribution in [-0.2, 0) is 0 Å². The lowest BCUT2D eigenvalue weighted by atomic mass is 10.1. The Kier molecular flexibility index (Phi) is 7.87. The number of hydrogen-bond acceptors (Lipinski definition) is 2. The number of benzene rings is 3. The summed E-state index contributed by atoms with van der Waals surface area (Å²) in [5, 5.41) is 0. The van der Waals surface area contributed by atoms with E-state index in [4.69, 9.17) is 0 Å². The summed E-state index contributed by atoms with van der Waals surface area (Å²) in [7, 11) is 0. The summed E-state index contributed by atoms with van der Waals surface area (Å²) in [4.78, 5) is 29.9. The van der Waals surface area contributed by atoms with E-state index in [1.54, 1.807) is 9.80 Å². The standard InChI is InChI=1S/C24H22I2N2O2/c1-3-27(23(29)19-12-5-7-14-21(19)25)17-10-9-11-18(16-17)28(4-2)24(30)20-13-6-8-15-22(20)26/h5-16H,3-4H2,1-2H3. The van der Waals surface area contributed by atoms with Crippen LogP contribution in [0.2, 0.25) is 0 Å². The van der Waals surface area contributed by atoms with E-state index in [2.05, 4.69) is 45.2 Å². The molecule has 0 saturated carbocycles. The number of halogens is 2. The highest BCUT2D eigenvalue weighted by Crippen LogP contribution is 2.27. The van der Waals surface area contributed by atoms with Gasteiger partial charge in [0.15, 0.2) is 0 Å². The summed E-state index contributed by atoms with van der Waals surface area (Å²) in [5.41, 5.74) is 2.89. The van der Waals surface area contributed by atoms with E-state index in [1.807, 2.05) is 86.6 Å². The molecule has 0 aliphatic rings. The van der Waals surface area contributed by atoms with Gasteiger partial charge in [0.05, 0.1) is 11.1 Å². The largest absolute Gasteiger partial charge is 0.309 e. The van der Waals surface area contributed by atoms with Gasteiger partial charge in [-0.2, -0.15) is 0 Å². The summed E-state index contributed by atoms with van der Waals surface area (Å²) < 4.78 is 1.83. The van der Waals surface area contributed by atoms with Crippen molar-refractivity contribution in [2.75, 3.05) is 22.9 Å². The van der Waals surface area contributed by atoms with Crippen LogP contribution in [0.15, 0.2) is 72.8 Å². The summed E-state index contributed by atoms with van der Waals surface area (Å²) >= 11 is 4.37. The minimum absolute atomic E-state index is 0.0494. The average Bonchev–Trinajstić information content (AvgIpc) is 2.75. The number of anilines is 2. The topological polar surface area (TPSA) is 40.6 Å². The fourth-order valence-electron chi connectivity index (χ4n) is 3.28. The van der Waals surface area contributed by atoms with Crippen LogP contribution >= 0.6 is 45.2 Å². The van der Waals surface area contributed by atoms with Crippen LogP contribution < -0.4 is 9.80 Å². The number of nitrogens with zero attached hydrogens (tertiary/aromatic N) is 2. The maximum absolute atomic E-state index is 13.2. The molecule has 3 aromatic carbocycles. The van der Waals surface area contributed by atoms with Crippen molar-refractivity contribution in [2.24, 2.45) is 0 Å². The summed E-state index contributed by atoms with van der Waals surface area (Å²) in [6, 6.07) is 22.8. The van der Waals surface area contributed by atoms with Crippen molar-refractivity contribution >= 4 is 68.4 Å². The van der Waals surface area contributed by atoms with Crippen LogP contribution in [0.25, 0.3) is 0 Å². The molecule has 0 aromatic heterocycles. The van der Waals surface area contributed by atoms with Crippen molar-refractivity contribution in [2.45, 2.75) is 13.8 Å². The maximum atomic E-state index is 13.2. The van der Waals surface area contributed by atoms with Crippen molar-refractivity contribution in [3.8, 4) is 0 Å². The lowest BCUT2D eigenvalue weighted by molar-refractivity contribution is 0.0981. The van der Waals surface area contributed by atoms with Crippen molar-refractivity contribution in [1.29, 1.82) is 0 Å². The third-order valence-corrected chi connectivity index (χ3v) is 6.67. The van der Waals surface area contributed by atoms with Gasteiger partial charge in [-0.05, 0) is 101 Å². The minimum atomic E-state index is -0.0494. The Labute approximate surface area is 204 Å². The lowest BCUT2D eigenvalue weighted by Crippen LogP contribution is -2.33. The molecule has 2 amide bonds. The van der Waals surface area contributed by atoms with E-state index in [-0.39, 0.29) is 11.8 Å². The van der Waals surface area contributed by atoms with Crippen molar-refractivity contribution in [1.82, 2.24) is 0 Å². The Morgan fingerprint density at radius 1 is 0.667 bits per heavy atom. The molecule has 0 heterocycles.